The topological polar surface area (TPSA) is 61.4 Å². The number of piperidine rings is 1. The Hall–Kier alpha value is 0.120. The summed E-state index contributed by atoms with van der Waals surface area (Å²) in [6.45, 7) is 11.5. The van der Waals surface area contributed by atoms with Gasteiger partial charge in [0.2, 0.25) is 0 Å². The van der Waals surface area contributed by atoms with Gasteiger partial charge < -0.3 is 5.32 Å². The Bertz CT molecular complexity index is 370. The highest BCUT2D eigenvalue weighted by molar-refractivity contribution is 7.87. The molecule has 0 aromatic carbocycles. The van der Waals surface area contributed by atoms with Gasteiger partial charge >= 0.3 is 0 Å². The molecule has 2 N–H and O–H groups in total. The van der Waals surface area contributed by atoms with Crippen LogP contribution in [0.15, 0.2) is 0 Å². The van der Waals surface area contributed by atoms with Crippen molar-refractivity contribution in [2.45, 2.75) is 59.4 Å². The molecule has 0 bridgehead atoms. The van der Waals surface area contributed by atoms with E-state index < -0.39 is 10.2 Å². The molecular formula is C15H34ClN3O2S. The van der Waals surface area contributed by atoms with E-state index in [1.54, 1.807) is 4.31 Å². The van der Waals surface area contributed by atoms with Crippen molar-refractivity contribution in [2.24, 2.45) is 11.8 Å². The minimum absolute atomic E-state index is 0. The molecule has 1 aliphatic heterocycles. The lowest BCUT2D eigenvalue weighted by Gasteiger charge is -2.29. The summed E-state index contributed by atoms with van der Waals surface area (Å²) in [5.74, 6) is 1.02. The van der Waals surface area contributed by atoms with Gasteiger partial charge in [-0.15, -0.1) is 12.4 Å². The summed E-state index contributed by atoms with van der Waals surface area (Å²) in [7, 11) is -3.37. The van der Waals surface area contributed by atoms with Gasteiger partial charge in [0, 0.05) is 25.7 Å². The van der Waals surface area contributed by atoms with E-state index in [1.165, 1.54) is 0 Å². The highest BCUT2D eigenvalue weighted by Gasteiger charge is 2.26. The summed E-state index contributed by atoms with van der Waals surface area (Å²) in [4.78, 5) is 0. The van der Waals surface area contributed by atoms with Crippen molar-refractivity contribution in [3.8, 4) is 0 Å². The minimum atomic E-state index is -3.37. The van der Waals surface area contributed by atoms with Crippen LogP contribution in [0.2, 0.25) is 0 Å². The fourth-order valence-corrected chi connectivity index (χ4v) is 3.86. The third kappa shape index (κ3) is 8.67. The third-order valence-electron chi connectivity index (χ3n) is 3.86. The van der Waals surface area contributed by atoms with E-state index in [1.807, 2.05) is 0 Å². The molecule has 0 aromatic rings. The second-order valence-corrected chi connectivity index (χ2v) is 8.63. The molecule has 1 fully saturated rings. The van der Waals surface area contributed by atoms with Gasteiger partial charge in [0.05, 0.1) is 0 Å². The lowest BCUT2D eigenvalue weighted by molar-refractivity contribution is 0.342. The first-order chi connectivity index (χ1) is 9.81. The molecule has 1 unspecified atom stereocenters. The first-order valence-corrected chi connectivity index (χ1v) is 9.73. The maximum atomic E-state index is 12.6. The fraction of sp³-hybridized carbons (Fsp3) is 1.00. The first kappa shape index (κ1) is 22.1. The lowest BCUT2D eigenvalue weighted by Crippen LogP contribution is -2.51. The Labute approximate surface area is 143 Å². The van der Waals surface area contributed by atoms with E-state index in [4.69, 9.17) is 0 Å². The van der Waals surface area contributed by atoms with E-state index in [9.17, 15) is 8.42 Å². The molecule has 0 aromatic heterocycles. The van der Waals surface area contributed by atoms with E-state index in [2.05, 4.69) is 37.7 Å². The quantitative estimate of drug-likeness (QED) is 0.667. The van der Waals surface area contributed by atoms with Crippen LogP contribution in [-0.2, 0) is 10.2 Å². The van der Waals surface area contributed by atoms with Gasteiger partial charge in [0.25, 0.3) is 10.2 Å². The molecule has 0 radical (unpaired) electrons. The molecule has 7 heteroatoms. The number of rotatable bonds is 9. The van der Waals surface area contributed by atoms with Crippen molar-refractivity contribution in [1.82, 2.24) is 14.3 Å². The maximum absolute atomic E-state index is 12.6. The van der Waals surface area contributed by atoms with Crippen molar-refractivity contribution in [2.75, 3.05) is 26.2 Å². The fourth-order valence-electron chi connectivity index (χ4n) is 2.39. The van der Waals surface area contributed by atoms with Crippen LogP contribution in [0.25, 0.3) is 0 Å². The molecule has 134 valence electrons. The smallest absolute Gasteiger partial charge is 0.279 e. The highest BCUT2D eigenvalue weighted by atomic mass is 35.5. The van der Waals surface area contributed by atoms with Crippen molar-refractivity contribution >= 4 is 22.6 Å². The predicted molar refractivity (Wildman–Crippen MR) is 95.7 cm³/mol. The van der Waals surface area contributed by atoms with Crippen LogP contribution in [0.3, 0.4) is 0 Å². The normalized spacial score (nSPS) is 19.7. The van der Waals surface area contributed by atoms with Crippen molar-refractivity contribution in [3.05, 3.63) is 0 Å². The van der Waals surface area contributed by atoms with Crippen LogP contribution in [0, 0.1) is 11.8 Å². The number of nitrogens with one attached hydrogen (secondary N) is 2. The average molecular weight is 356 g/mol. The van der Waals surface area contributed by atoms with E-state index in [0.29, 0.717) is 24.9 Å². The monoisotopic (exact) mass is 355 g/mol. The van der Waals surface area contributed by atoms with Crippen molar-refractivity contribution in [1.29, 1.82) is 0 Å². The molecule has 5 nitrogen and oxygen atoms in total. The number of halogens is 1. The molecule has 1 aliphatic rings. The van der Waals surface area contributed by atoms with Crippen molar-refractivity contribution < 1.29 is 8.42 Å². The van der Waals surface area contributed by atoms with Crippen LogP contribution < -0.4 is 10.0 Å². The second-order valence-electron chi connectivity index (χ2n) is 6.93. The SMILES string of the molecule is CC(C)CCN(CCC(C)C)S(=O)(=O)NC1CCCNC1.Cl. The summed E-state index contributed by atoms with van der Waals surface area (Å²) in [6.07, 6.45) is 3.77. The van der Waals surface area contributed by atoms with Gasteiger partial charge in [-0.05, 0) is 44.1 Å². The third-order valence-corrected chi connectivity index (χ3v) is 5.54. The van der Waals surface area contributed by atoms with Crippen LogP contribution in [-0.4, -0.2) is 44.9 Å². The Morgan fingerprint density at radius 1 is 1.14 bits per heavy atom. The zero-order valence-electron chi connectivity index (χ0n) is 14.5. The lowest BCUT2D eigenvalue weighted by atomic mass is 10.1. The standard InChI is InChI=1S/C15H33N3O2S.ClH/c1-13(2)7-10-18(11-8-14(3)4)21(19,20)17-15-6-5-9-16-12-15;/h13-17H,5-12H2,1-4H3;1H. The second kappa shape index (κ2) is 10.8. The van der Waals surface area contributed by atoms with Crippen molar-refractivity contribution in [3.63, 3.8) is 0 Å². The van der Waals surface area contributed by atoms with Gasteiger partial charge in [0.15, 0.2) is 0 Å². The molecule has 1 rings (SSSR count). The maximum Gasteiger partial charge on any atom is 0.279 e. The molecule has 22 heavy (non-hydrogen) atoms. The molecule has 1 atom stereocenters. The summed E-state index contributed by atoms with van der Waals surface area (Å²) in [6, 6.07) is 0.0318. The number of hydrogen-bond acceptors (Lipinski definition) is 3. The van der Waals surface area contributed by atoms with E-state index in [-0.39, 0.29) is 18.4 Å². The van der Waals surface area contributed by atoms with Gasteiger partial charge in [-0.1, -0.05) is 27.7 Å². The van der Waals surface area contributed by atoms with Crippen LogP contribution in [0.5, 0.6) is 0 Å². The molecule has 1 saturated heterocycles. The largest absolute Gasteiger partial charge is 0.315 e. The molecule has 0 amide bonds. The Morgan fingerprint density at radius 3 is 2.09 bits per heavy atom. The van der Waals surface area contributed by atoms with Gasteiger partial charge in [-0.2, -0.15) is 17.4 Å². The highest BCUT2D eigenvalue weighted by Crippen LogP contribution is 2.12. The molecule has 0 saturated carbocycles. The van der Waals surface area contributed by atoms with Crippen LogP contribution in [0.1, 0.15) is 53.4 Å². The number of hydrogen-bond donors (Lipinski definition) is 2. The Morgan fingerprint density at radius 2 is 1.68 bits per heavy atom. The van der Waals surface area contributed by atoms with Crippen LogP contribution >= 0.6 is 12.4 Å². The van der Waals surface area contributed by atoms with Gasteiger partial charge in [-0.3, -0.25) is 0 Å². The zero-order chi connectivity index (χ0) is 15.9. The zero-order valence-corrected chi connectivity index (χ0v) is 16.1. The number of nitrogens with zero attached hydrogens (tertiary/aromatic N) is 1. The minimum Gasteiger partial charge on any atom is -0.315 e. The van der Waals surface area contributed by atoms with Gasteiger partial charge in [0.1, 0.15) is 0 Å². The average Bonchev–Trinajstić information content (AvgIpc) is 2.38. The summed E-state index contributed by atoms with van der Waals surface area (Å²) < 4.78 is 29.7. The van der Waals surface area contributed by atoms with Crippen LogP contribution in [0.4, 0.5) is 0 Å². The summed E-state index contributed by atoms with van der Waals surface area (Å²) >= 11 is 0. The summed E-state index contributed by atoms with van der Waals surface area (Å²) in [5.41, 5.74) is 0. The van der Waals surface area contributed by atoms with Gasteiger partial charge in [-0.25, -0.2) is 0 Å². The Balaban J connectivity index is 0.00000441. The first-order valence-electron chi connectivity index (χ1n) is 8.29. The molecular weight excluding hydrogens is 322 g/mol. The molecule has 0 aliphatic carbocycles. The Kier molecular flexibility index (Phi) is 10.9. The van der Waals surface area contributed by atoms with E-state index >= 15 is 0 Å². The molecule has 0 spiro atoms. The van der Waals surface area contributed by atoms with E-state index in [0.717, 1.165) is 38.8 Å². The molecule has 1 heterocycles. The summed E-state index contributed by atoms with van der Waals surface area (Å²) in [5, 5.41) is 3.25. The predicted octanol–water partition coefficient (Wildman–Crippen LogP) is 2.39.